The van der Waals surface area contributed by atoms with Gasteiger partial charge in [-0.1, -0.05) is 41.6 Å². The van der Waals surface area contributed by atoms with E-state index in [1.165, 1.54) is 0 Å². The van der Waals surface area contributed by atoms with E-state index in [2.05, 4.69) is 10.5 Å². The Bertz CT molecular complexity index is 1050. The molecule has 0 spiro atoms. The summed E-state index contributed by atoms with van der Waals surface area (Å²) in [5.41, 5.74) is 2.30. The van der Waals surface area contributed by atoms with Crippen LogP contribution in [0.2, 0.25) is 0 Å². The van der Waals surface area contributed by atoms with E-state index in [4.69, 9.17) is 18.7 Å². The van der Waals surface area contributed by atoms with Crippen molar-refractivity contribution in [3.8, 4) is 22.8 Å². The molecule has 162 valence electrons. The fourth-order valence-corrected chi connectivity index (χ4v) is 3.04. The molecule has 0 bridgehead atoms. The number of nitrogens with zero attached hydrogens (tertiary/aromatic N) is 1. The predicted molar refractivity (Wildman–Crippen MR) is 113 cm³/mol. The van der Waals surface area contributed by atoms with Gasteiger partial charge in [-0.2, -0.15) is 0 Å². The summed E-state index contributed by atoms with van der Waals surface area (Å²) >= 11 is 0. The van der Waals surface area contributed by atoms with E-state index in [0.717, 1.165) is 11.1 Å². The van der Waals surface area contributed by atoms with Crippen LogP contribution >= 0.6 is 0 Å². The Balaban J connectivity index is 1.52. The molecule has 8 heteroatoms. The summed E-state index contributed by atoms with van der Waals surface area (Å²) in [6, 6.07) is 14.7. The second-order valence-electron chi connectivity index (χ2n) is 6.69. The van der Waals surface area contributed by atoms with Crippen molar-refractivity contribution in [2.45, 2.75) is 13.3 Å². The number of nitrogens with one attached hydrogen (secondary N) is 1. The molecule has 0 radical (unpaired) electrons. The van der Waals surface area contributed by atoms with Crippen LogP contribution < -0.4 is 14.8 Å². The topological polar surface area (TPSA) is 99.9 Å². The van der Waals surface area contributed by atoms with Gasteiger partial charge in [0.1, 0.15) is 17.0 Å². The quantitative estimate of drug-likeness (QED) is 0.527. The first-order valence-electron chi connectivity index (χ1n) is 9.70. The van der Waals surface area contributed by atoms with E-state index in [0.29, 0.717) is 35.9 Å². The molecular weight excluding hydrogens is 400 g/mol. The van der Waals surface area contributed by atoms with Crippen molar-refractivity contribution in [1.29, 1.82) is 0 Å². The van der Waals surface area contributed by atoms with Crippen LogP contribution in [0, 0.1) is 6.92 Å². The number of aromatic nitrogens is 1. The molecule has 0 aliphatic heterocycles. The second-order valence-corrected chi connectivity index (χ2v) is 6.69. The lowest BCUT2D eigenvalue weighted by Crippen LogP contribution is -2.30. The van der Waals surface area contributed by atoms with E-state index in [1.54, 1.807) is 21.1 Å². The Hall–Kier alpha value is -3.81. The number of rotatable bonds is 9. The molecule has 8 nitrogen and oxygen atoms in total. The summed E-state index contributed by atoms with van der Waals surface area (Å²) in [6.07, 6.45) is 0.586. The molecule has 3 aromatic rings. The zero-order valence-corrected chi connectivity index (χ0v) is 17.6. The van der Waals surface area contributed by atoms with Gasteiger partial charge < -0.3 is 24.1 Å². The minimum Gasteiger partial charge on any atom is -0.493 e. The minimum atomic E-state index is -0.660. The van der Waals surface area contributed by atoms with Crippen LogP contribution in [-0.2, 0) is 16.0 Å². The monoisotopic (exact) mass is 424 g/mol. The number of hydrogen-bond acceptors (Lipinski definition) is 7. The summed E-state index contributed by atoms with van der Waals surface area (Å²) in [6.45, 7) is 1.61. The van der Waals surface area contributed by atoms with Crippen LogP contribution in [0.3, 0.4) is 0 Å². The number of aryl methyl sites for hydroxylation is 1. The molecule has 2 aromatic carbocycles. The lowest BCUT2D eigenvalue weighted by atomic mass is 10.1. The van der Waals surface area contributed by atoms with Crippen molar-refractivity contribution < 1.29 is 28.3 Å². The van der Waals surface area contributed by atoms with E-state index in [-0.39, 0.29) is 5.56 Å². The molecule has 1 amide bonds. The Labute approximate surface area is 180 Å². The van der Waals surface area contributed by atoms with E-state index in [1.807, 2.05) is 48.5 Å². The number of methoxy groups -OCH3 is 2. The molecule has 0 fully saturated rings. The molecule has 0 saturated carbocycles. The van der Waals surface area contributed by atoms with Gasteiger partial charge in [-0.15, -0.1) is 0 Å². The summed E-state index contributed by atoms with van der Waals surface area (Å²) < 4.78 is 20.8. The van der Waals surface area contributed by atoms with Crippen LogP contribution in [-0.4, -0.2) is 44.4 Å². The van der Waals surface area contributed by atoms with Gasteiger partial charge >= 0.3 is 5.97 Å². The lowest BCUT2D eigenvalue weighted by Gasteiger charge is -2.10. The van der Waals surface area contributed by atoms with Gasteiger partial charge in [0.05, 0.1) is 14.2 Å². The van der Waals surface area contributed by atoms with Crippen LogP contribution in [0.1, 0.15) is 21.7 Å². The summed E-state index contributed by atoms with van der Waals surface area (Å²) in [5, 5.41) is 6.68. The third-order valence-electron chi connectivity index (χ3n) is 4.63. The zero-order chi connectivity index (χ0) is 22.2. The third kappa shape index (κ3) is 5.42. The first kappa shape index (κ1) is 21.9. The number of carbonyl (C=O) groups excluding carboxylic acids is 2. The van der Waals surface area contributed by atoms with Crippen LogP contribution in [0.25, 0.3) is 11.3 Å². The Morgan fingerprint density at radius 2 is 1.77 bits per heavy atom. The first-order chi connectivity index (χ1) is 15.0. The van der Waals surface area contributed by atoms with Gasteiger partial charge in [-0.25, -0.2) is 4.79 Å². The number of carbonyl (C=O) groups is 2. The van der Waals surface area contributed by atoms with E-state index in [9.17, 15) is 9.59 Å². The van der Waals surface area contributed by atoms with E-state index < -0.39 is 18.5 Å². The maximum Gasteiger partial charge on any atom is 0.344 e. The Morgan fingerprint density at radius 3 is 2.48 bits per heavy atom. The highest BCUT2D eigenvalue weighted by atomic mass is 16.5. The van der Waals surface area contributed by atoms with Crippen LogP contribution in [0.4, 0.5) is 0 Å². The Kier molecular flexibility index (Phi) is 7.26. The highest BCUT2D eigenvalue weighted by Gasteiger charge is 2.23. The van der Waals surface area contributed by atoms with Gasteiger partial charge in [-0.3, -0.25) is 4.79 Å². The molecule has 3 rings (SSSR count). The van der Waals surface area contributed by atoms with Gasteiger partial charge in [0.2, 0.25) is 0 Å². The third-order valence-corrected chi connectivity index (χ3v) is 4.63. The fourth-order valence-electron chi connectivity index (χ4n) is 3.04. The number of ether oxygens (including phenoxy) is 3. The number of benzene rings is 2. The average molecular weight is 424 g/mol. The minimum absolute atomic E-state index is 0.212. The van der Waals surface area contributed by atoms with Crippen molar-refractivity contribution in [1.82, 2.24) is 10.5 Å². The highest BCUT2D eigenvalue weighted by molar-refractivity contribution is 5.98. The molecule has 0 aliphatic carbocycles. The maximum absolute atomic E-state index is 12.5. The van der Waals surface area contributed by atoms with Crippen molar-refractivity contribution in [2.75, 3.05) is 27.4 Å². The van der Waals surface area contributed by atoms with Crippen molar-refractivity contribution in [3.05, 3.63) is 65.4 Å². The second kappa shape index (κ2) is 10.3. The zero-order valence-electron chi connectivity index (χ0n) is 17.6. The van der Waals surface area contributed by atoms with Crippen molar-refractivity contribution >= 4 is 11.9 Å². The van der Waals surface area contributed by atoms with Crippen LogP contribution in [0.15, 0.2) is 53.1 Å². The summed E-state index contributed by atoms with van der Waals surface area (Å²) in [4.78, 5) is 24.6. The summed E-state index contributed by atoms with van der Waals surface area (Å²) in [5.74, 6) is 0.536. The normalized spacial score (nSPS) is 10.4. The molecule has 31 heavy (non-hydrogen) atoms. The van der Waals surface area contributed by atoms with Gasteiger partial charge in [0, 0.05) is 12.1 Å². The molecule has 1 N–H and O–H groups in total. The average Bonchev–Trinajstić information content (AvgIpc) is 3.19. The van der Waals surface area contributed by atoms with Crippen molar-refractivity contribution in [3.63, 3.8) is 0 Å². The predicted octanol–water partition coefficient (Wildman–Crippen LogP) is 3.18. The SMILES string of the molecule is COc1ccc(CCNC(=O)COC(=O)c2c(-c3ccccc3)noc2C)cc1OC. The standard InChI is InChI=1S/C23H24N2O6/c1-15-21(22(25-31-15)17-7-5-4-6-8-17)23(27)30-14-20(26)24-12-11-16-9-10-18(28-2)19(13-16)29-3/h4-10,13H,11-12,14H2,1-3H3,(H,24,26). The smallest absolute Gasteiger partial charge is 0.344 e. The first-order valence-corrected chi connectivity index (χ1v) is 9.70. The molecule has 1 heterocycles. The molecule has 0 atom stereocenters. The molecule has 0 unspecified atom stereocenters. The number of amides is 1. The fraction of sp³-hybridized carbons (Fsp3) is 0.261. The van der Waals surface area contributed by atoms with Gasteiger partial charge in [0.25, 0.3) is 5.91 Å². The van der Waals surface area contributed by atoms with Crippen LogP contribution in [0.5, 0.6) is 11.5 Å². The molecular formula is C23H24N2O6. The van der Waals surface area contributed by atoms with Gasteiger partial charge in [0.15, 0.2) is 18.1 Å². The molecule has 0 saturated heterocycles. The largest absolute Gasteiger partial charge is 0.493 e. The maximum atomic E-state index is 12.5. The Morgan fingerprint density at radius 1 is 1.03 bits per heavy atom. The van der Waals surface area contributed by atoms with E-state index >= 15 is 0 Å². The highest BCUT2D eigenvalue weighted by Crippen LogP contribution is 2.28. The van der Waals surface area contributed by atoms with Crippen molar-refractivity contribution in [2.24, 2.45) is 0 Å². The summed E-state index contributed by atoms with van der Waals surface area (Å²) in [7, 11) is 3.14. The lowest BCUT2D eigenvalue weighted by molar-refractivity contribution is -0.124. The molecule has 1 aromatic heterocycles. The number of hydrogen-bond donors (Lipinski definition) is 1. The molecule has 0 aliphatic rings. The van der Waals surface area contributed by atoms with Gasteiger partial charge in [-0.05, 0) is 31.0 Å². The number of esters is 1.